The van der Waals surface area contributed by atoms with Crippen LogP contribution in [0.1, 0.15) is 33.3 Å². The fraction of sp³-hybridized carbons (Fsp3) is 0.450. The molecule has 0 saturated carbocycles. The van der Waals surface area contributed by atoms with E-state index >= 15 is 0 Å². The summed E-state index contributed by atoms with van der Waals surface area (Å²) in [7, 11) is 1.59. The monoisotopic (exact) mass is 344 g/mol. The van der Waals surface area contributed by atoms with Gasteiger partial charge in [-0.2, -0.15) is 0 Å². The molecule has 1 aromatic heterocycles. The Morgan fingerprint density at radius 2 is 2.12 bits per heavy atom. The summed E-state index contributed by atoms with van der Waals surface area (Å²) in [6.07, 6.45) is 2.49. The second-order valence-electron chi connectivity index (χ2n) is 7.06. The number of hydrogen-bond donors (Lipinski definition) is 0. The highest BCUT2D eigenvalue weighted by Gasteiger charge is 2.39. The first-order chi connectivity index (χ1) is 11.8. The second-order valence-corrected chi connectivity index (χ2v) is 7.06. The molecule has 0 spiro atoms. The molecule has 0 bridgehead atoms. The van der Waals surface area contributed by atoms with E-state index in [0.717, 1.165) is 10.9 Å². The molecule has 3 rings (SSSR count). The van der Waals surface area contributed by atoms with Crippen molar-refractivity contribution >= 4 is 11.0 Å². The molecular weight excluding hydrogens is 320 g/mol. The Labute approximate surface area is 147 Å². The molecule has 1 aliphatic rings. The lowest BCUT2D eigenvalue weighted by Crippen LogP contribution is -2.42. The van der Waals surface area contributed by atoms with Crippen molar-refractivity contribution in [2.75, 3.05) is 13.7 Å². The van der Waals surface area contributed by atoms with Gasteiger partial charge in [0.2, 0.25) is 0 Å². The van der Waals surface area contributed by atoms with E-state index in [1.807, 2.05) is 39.8 Å². The number of rotatable bonds is 5. The Bertz CT molecular complexity index is 872. The highest BCUT2D eigenvalue weighted by Crippen LogP contribution is 2.42. The van der Waals surface area contributed by atoms with E-state index in [0.29, 0.717) is 30.1 Å². The minimum absolute atomic E-state index is 0.172. The Morgan fingerprint density at radius 3 is 2.80 bits per heavy atom. The fourth-order valence-corrected chi connectivity index (χ4v) is 2.98. The summed E-state index contributed by atoms with van der Waals surface area (Å²) >= 11 is 0. The molecule has 2 heterocycles. The van der Waals surface area contributed by atoms with Crippen molar-refractivity contribution in [3.63, 3.8) is 0 Å². The Balaban J connectivity index is 1.94. The van der Waals surface area contributed by atoms with Gasteiger partial charge in [0.05, 0.1) is 19.1 Å². The molecule has 0 saturated heterocycles. The van der Waals surface area contributed by atoms with Gasteiger partial charge < -0.3 is 18.6 Å². The number of methoxy groups -OCH3 is 1. The van der Waals surface area contributed by atoms with Crippen molar-refractivity contribution < 1.29 is 18.6 Å². The molecule has 0 fully saturated rings. The molecule has 1 aliphatic heterocycles. The van der Waals surface area contributed by atoms with Crippen LogP contribution in [0.3, 0.4) is 0 Å². The quantitative estimate of drug-likeness (QED) is 0.609. The molecule has 134 valence electrons. The van der Waals surface area contributed by atoms with E-state index in [9.17, 15) is 4.79 Å². The van der Waals surface area contributed by atoms with Crippen LogP contribution in [0, 0.1) is 0 Å². The van der Waals surface area contributed by atoms with E-state index in [4.69, 9.17) is 18.6 Å². The smallest absolute Gasteiger partial charge is 0.336 e. The number of ether oxygens (including phenoxy) is 3. The van der Waals surface area contributed by atoms with Crippen LogP contribution >= 0.6 is 0 Å². The molecule has 2 aromatic rings. The zero-order valence-corrected chi connectivity index (χ0v) is 15.3. The van der Waals surface area contributed by atoms with Crippen molar-refractivity contribution in [1.29, 1.82) is 0 Å². The molecular formula is C20H24O5. The lowest BCUT2D eigenvalue weighted by molar-refractivity contribution is -0.0725. The molecule has 0 aliphatic carbocycles. The lowest BCUT2D eigenvalue weighted by atomic mass is 9.96. The minimum Gasteiger partial charge on any atom is -0.496 e. The van der Waals surface area contributed by atoms with Crippen molar-refractivity contribution in [2.24, 2.45) is 0 Å². The highest BCUT2D eigenvalue weighted by atomic mass is 16.6. The highest BCUT2D eigenvalue weighted by molar-refractivity contribution is 5.88. The molecule has 0 amide bonds. The molecule has 1 atom stereocenters. The summed E-state index contributed by atoms with van der Waals surface area (Å²) in [4.78, 5) is 11.7. The second kappa shape index (κ2) is 6.56. The Hall–Kier alpha value is -2.27. The maximum absolute atomic E-state index is 11.7. The van der Waals surface area contributed by atoms with Gasteiger partial charge in [-0.1, -0.05) is 11.6 Å². The van der Waals surface area contributed by atoms with Crippen LogP contribution in [-0.2, 0) is 11.2 Å². The standard InChI is InChI=1S/C20H24O5/c1-12(2)8-9-23-20(3,4)17-10-14-16(24-17)11-15(22-5)13-6-7-18(21)25-19(13)14/h6-8,11,17H,9-10H2,1-5H3/t17-/m0/s1. The number of hydrogen-bond acceptors (Lipinski definition) is 5. The summed E-state index contributed by atoms with van der Waals surface area (Å²) < 4.78 is 23.0. The number of allylic oxidation sites excluding steroid dienone is 1. The van der Waals surface area contributed by atoms with Gasteiger partial charge in [0.15, 0.2) is 0 Å². The molecule has 0 unspecified atom stereocenters. The van der Waals surface area contributed by atoms with E-state index in [1.165, 1.54) is 11.6 Å². The van der Waals surface area contributed by atoms with Crippen LogP contribution in [0.2, 0.25) is 0 Å². The lowest BCUT2D eigenvalue weighted by Gasteiger charge is -2.30. The summed E-state index contributed by atoms with van der Waals surface area (Å²) in [5.74, 6) is 1.31. The van der Waals surface area contributed by atoms with Crippen LogP contribution < -0.4 is 15.1 Å². The summed E-state index contributed by atoms with van der Waals surface area (Å²) in [5.41, 5.74) is 1.76. The van der Waals surface area contributed by atoms with Crippen molar-refractivity contribution in [3.05, 3.63) is 45.8 Å². The van der Waals surface area contributed by atoms with Gasteiger partial charge in [-0.25, -0.2) is 4.79 Å². The van der Waals surface area contributed by atoms with E-state index in [2.05, 4.69) is 0 Å². The Kier molecular flexibility index (Phi) is 4.60. The minimum atomic E-state index is -0.487. The predicted octanol–water partition coefficient (Wildman–Crippen LogP) is 3.87. The van der Waals surface area contributed by atoms with Gasteiger partial charge in [-0.3, -0.25) is 0 Å². The van der Waals surface area contributed by atoms with Crippen molar-refractivity contribution in [2.45, 2.75) is 45.8 Å². The molecule has 5 heteroatoms. The number of fused-ring (bicyclic) bond motifs is 3. The SMILES string of the molecule is COc1cc2c(c3oc(=O)ccc13)C[C@@H](C(C)(C)OCC=C(C)C)O2. The summed E-state index contributed by atoms with van der Waals surface area (Å²) in [5, 5.41) is 0.772. The van der Waals surface area contributed by atoms with Gasteiger partial charge in [-0.05, 0) is 33.8 Å². The van der Waals surface area contributed by atoms with Gasteiger partial charge in [-0.15, -0.1) is 0 Å². The predicted molar refractivity (Wildman–Crippen MR) is 96.6 cm³/mol. The van der Waals surface area contributed by atoms with E-state index in [-0.39, 0.29) is 11.7 Å². The average molecular weight is 344 g/mol. The maximum atomic E-state index is 11.7. The molecule has 5 nitrogen and oxygen atoms in total. The van der Waals surface area contributed by atoms with Crippen LogP contribution in [0.15, 0.2) is 39.1 Å². The van der Waals surface area contributed by atoms with E-state index < -0.39 is 5.60 Å². The topological polar surface area (TPSA) is 57.9 Å². The van der Waals surface area contributed by atoms with Gasteiger partial charge in [0.1, 0.15) is 28.8 Å². The van der Waals surface area contributed by atoms with Gasteiger partial charge in [0.25, 0.3) is 0 Å². The first-order valence-corrected chi connectivity index (χ1v) is 8.39. The Morgan fingerprint density at radius 1 is 1.36 bits per heavy atom. The van der Waals surface area contributed by atoms with Crippen LogP contribution in [0.5, 0.6) is 11.5 Å². The van der Waals surface area contributed by atoms with Crippen molar-refractivity contribution in [1.82, 2.24) is 0 Å². The van der Waals surface area contributed by atoms with E-state index in [1.54, 1.807) is 13.2 Å². The third kappa shape index (κ3) is 3.42. The molecule has 0 N–H and O–H groups in total. The third-order valence-corrected chi connectivity index (χ3v) is 4.53. The largest absolute Gasteiger partial charge is 0.496 e. The first kappa shape index (κ1) is 17.5. The van der Waals surface area contributed by atoms with Crippen molar-refractivity contribution in [3.8, 4) is 11.5 Å². The third-order valence-electron chi connectivity index (χ3n) is 4.53. The van der Waals surface area contributed by atoms with Gasteiger partial charge in [0, 0.05) is 24.1 Å². The maximum Gasteiger partial charge on any atom is 0.336 e. The molecule has 25 heavy (non-hydrogen) atoms. The average Bonchev–Trinajstić information content (AvgIpc) is 2.98. The summed E-state index contributed by atoms with van der Waals surface area (Å²) in [6, 6.07) is 4.98. The van der Waals surface area contributed by atoms with Crippen LogP contribution in [-0.4, -0.2) is 25.4 Å². The fourth-order valence-electron chi connectivity index (χ4n) is 2.98. The summed E-state index contributed by atoms with van der Waals surface area (Å²) in [6.45, 7) is 8.64. The first-order valence-electron chi connectivity index (χ1n) is 8.39. The normalized spacial score (nSPS) is 16.4. The molecule has 0 radical (unpaired) electrons. The molecule has 1 aromatic carbocycles. The van der Waals surface area contributed by atoms with Crippen LogP contribution in [0.4, 0.5) is 0 Å². The zero-order valence-electron chi connectivity index (χ0n) is 15.3. The van der Waals surface area contributed by atoms with Gasteiger partial charge >= 0.3 is 5.63 Å². The zero-order chi connectivity index (χ0) is 18.2. The number of benzene rings is 1. The van der Waals surface area contributed by atoms with Crippen LogP contribution in [0.25, 0.3) is 11.0 Å².